The fraction of sp³-hybridized carbons (Fsp3) is 0.273. The van der Waals surface area contributed by atoms with E-state index in [2.05, 4.69) is 10.2 Å². The van der Waals surface area contributed by atoms with Gasteiger partial charge in [-0.15, -0.1) is 0 Å². The molecule has 2 heterocycles. The second-order valence-corrected chi connectivity index (χ2v) is 3.68. The van der Waals surface area contributed by atoms with E-state index in [0.29, 0.717) is 0 Å². The van der Waals surface area contributed by atoms with Gasteiger partial charge < -0.3 is 4.57 Å². The lowest BCUT2D eigenvalue weighted by atomic mass is 10.0. The van der Waals surface area contributed by atoms with Gasteiger partial charge in [-0.05, 0) is 25.5 Å². The number of aryl methyl sites for hydroxylation is 1. The van der Waals surface area contributed by atoms with Gasteiger partial charge in [0.25, 0.3) is 5.56 Å². The molecule has 2 rings (SSSR count). The van der Waals surface area contributed by atoms with Crippen LogP contribution in [-0.4, -0.2) is 14.8 Å². The largest absolute Gasteiger partial charge is 0.318 e. The lowest BCUT2D eigenvalue weighted by Crippen LogP contribution is -2.20. The zero-order valence-corrected chi connectivity index (χ0v) is 9.03. The van der Waals surface area contributed by atoms with Crippen molar-refractivity contribution < 1.29 is 0 Å². The minimum absolute atomic E-state index is 0.0516. The normalized spacial score (nSPS) is 10.6. The van der Waals surface area contributed by atoms with E-state index < -0.39 is 0 Å². The zero-order chi connectivity index (χ0) is 11.0. The van der Waals surface area contributed by atoms with Crippen molar-refractivity contribution in [3.05, 3.63) is 39.9 Å². The van der Waals surface area contributed by atoms with Crippen LogP contribution in [0.15, 0.2) is 23.3 Å². The molecule has 0 bridgehead atoms. The molecule has 1 N–H and O–H groups in total. The number of rotatable bonds is 1. The average Bonchev–Trinajstić information content (AvgIpc) is 2.73. The lowest BCUT2D eigenvalue weighted by Gasteiger charge is -2.09. The first-order valence-electron chi connectivity index (χ1n) is 4.78. The number of nitrogens with zero attached hydrogens (tertiary/aromatic N) is 2. The summed E-state index contributed by atoms with van der Waals surface area (Å²) < 4.78 is 1.60. The standard InChI is InChI=1S/C11H13N3O/c1-7-8(2)11(15)14(3)6-9(7)10-4-5-12-13-10/h4-6H,1-3H3,(H,12,13). The van der Waals surface area contributed by atoms with Gasteiger partial charge in [-0.2, -0.15) is 5.10 Å². The summed E-state index contributed by atoms with van der Waals surface area (Å²) in [5.74, 6) is 0. The highest BCUT2D eigenvalue weighted by Crippen LogP contribution is 2.20. The van der Waals surface area contributed by atoms with Crippen molar-refractivity contribution >= 4 is 0 Å². The van der Waals surface area contributed by atoms with Crippen LogP contribution >= 0.6 is 0 Å². The zero-order valence-electron chi connectivity index (χ0n) is 9.03. The molecule has 4 heteroatoms. The molecule has 0 aliphatic rings. The van der Waals surface area contributed by atoms with Gasteiger partial charge in [0.05, 0.1) is 5.69 Å². The molecular weight excluding hydrogens is 190 g/mol. The maximum atomic E-state index is 11.6. The van der Waals surface area contributed by atoms with Crippen molar-refractivity contribution in [3.8, 4) is 11.3 Å². The van der Waals surface area contributed by atoms with Crippen molar-refractivity contribution in [2.24, 2.45) is 7.05 Å². The maximum absolute atomic E-state index is 11.6. The number of hydrogen-bond donors (Lipinski definition) is 1. The number of pyridine rings is 1. The maximum Gasteiger partial charge on any atom is 0.253 e. The van der Waals surface area contributed by atoms with Gasteiger partial charge in [-0.25, -0.2) is 0 Å². The first-order chi connectivity index (χ1) is 7.11. The highest BCUT2D eigenvalue weighted by molar-refractivity contribution is 5.63. The minimum Gasteiger partial charge on any atom is -0.318 e. The monoisotopic (exact) mass is 203 g/mol. The van der Waals surface area contributed by atoms with Crippen LogP contribution in [0, 0.1) is 13.8 Å². The molecule has 0 atom stereocenters. The highest BCUT2D eigenvalue weighted by Gasteiger charge is 2.09. The van der Waals surface area contributed by atoms with E-state index in [0.717, 1.165) is 22.4 Å². The Bertz CT molecular complexity index is 538. The molecule has 2 aromatic heterocycles. The van der Waals surface area contributed by atoms with Crippen molar-refractivity contribution in [2.75, 3.05) is 0 Å². The fourth-order valence-corrected chi connectivity index (χ4v) is 1.65. The molecule has 0 aliphatic carbocycles. The number of H-pyrrole nitrogens is 1. The van der Waals surface area contributed by atoms with Crippen LogP contribution in [0.4, 0.5) is 0 Å². The Morgan fingerprint density at radius 2 is 2.07 bits per heavy atom. The third kappa shape index (κ3) is 1.48. The molecule has 0 amide bonds. The summed E-state index contributed by atoms with van der Waals surface area (Å²) in [6.07, 6.45) is 3.54. The second kappa shape index (κ2) is 3.38. The SMILES string of the molecule is Cc1c(-c2ccn[nH]2)cn(C)c(=O)c1C. The fourth-order valence-electron chi connectivity index (χ4n) is 1.65. The summed E-state index contributed by atoms with van der Waals surface area (Å²) in [5, 5.41) is 6.81. The molecule has 0 radical (unpaired) electrons. The van der Waals surface area contributed by atoms with Gasteiger partial charge in [0.15, 0.2) is 0 Å². The van der Waals surface area contributed by atoms with Gasteiger partial charge in [0, 0.05) is 30.6 Å². The Hall–Kier alpha value is -1.84. The summed E-state index contributed by atoms with van der Waals surface area (Å²) in [6.45, 7) is 3.80. The van der Waals surface area contributed by atoms with E-state index >= 15 is 0 Å². The summed E-state index contributed by atoms with van der Waals surface area (Å²) >= 11 is 0. The third-order valence-corrected chi connectivity index (χ3v) is 2.72. The van der Waals surface area contributed by atoms with E-state index in [4.69, 9.17) is 0 Å². The van der Waals surface area contributed by atoms with Crippen molar-refractivity contribution in [2.45, 2.75) is 13.8 Å². The van der Waals surface area contributed by atoms with Gasteiger partial charge in [-0.1, -0.05) is 0 Å². The van der Waals surface area contributed by atoms with E-state index in [9.17, 15) is 4.79 Å². The van der Waals surface area contributed by atoms with Crippen LogP contribution in [0.5, 0.6) is 0 Å². The van der Waals surface area contributed by atoms with Crippen LogP contribution in [-0.2, 0) is 7.05 Å². The molecule has 0 aromatic carbocycles. The van der Waals surface area contributed by atoms with Gasteiger partial charge in [-0.3, -0.25) is 9.89 Å². The number of hydrogen-bond acceptors (Lipinski definition) is 2. The van der Waals surface area contributed by atoms with Crippen LogP contribution in [0.2, 0.25) is 0 Å². The lowest BCUT2D eigenvalue weighted by molar-refractivity contribution is 0.844. The molecule has 2 aromatic rings. The Morgan fingerprint density at radius 3 is 2.67 bits per heavy atom. The van der Waals surface area contributed by atoms with Crippen molar-refractivity contribution in [3.63, 3.8) is 0 Å². The van der Waals surface area contributed by atoms with Crippen LogP contribution in [0.1, 0.15) is 11.1 Å². The predicted octanol–water partition coefficient (Wildman–Crippen LogP) is 1.39. The predicted molar refractivity (Wildman–Crippen MR) is 58.7 cm³/mol. The van der Waals surface area contributed by atoms with Crippen molar-refractivity contribution in [1.29, 1.82) is 0 Å². The molecular formula is C11H13N3O. The summed E-state index contributed by atoms with van der Waals surface area (Å²) in [5.41, 5.74) is 3.79. The van der Waals surface area contributed by atoms with Crippen LogP contribution < -0.4 is 5.56 Å². The molecule has 0 fully saturated rings. The summed E-state index contributed by atoms with van der Waals surface area (Å²) in [7, 11) is 1.76. The Morgan fingerprint density at radius 1 is 1.33 bits per heavy atom. The molecule has 78 valence electrons. The van der Waals surface area contributed by atoms with Crippen LogP contribution in [0.25, 0.3) is 11.3 Å². The topological polar surface area (TPSA) is 50.7 Å². The average molecular weight is 203 g/mol. The van der Waals surface area contributed by atoms with Gasteiger partial charge in [0.1, 0.15) is 0 Å². The van der Waals surface area contributed by atoms with E-state index in [1.807, 2.05) is 26.1 Å². The van der Waals surface area contributed by atoms with E-state index in [1.54, 1.807) is 17.8 Å². The first kappa shape index (κ1) is 9.71. The third-order valence-electron chi connectivity index (χ3n) is 2.72. The number of aromatic amines is 1. The van der Waals surface area contributed by atoms with Gasteiger partial charge >= 0.3 is 0 Å². The minimum atomic E-state index is 0.0516. The molecule has 0 spiro atoms. The Labute approximate surface area is 87.6 Å². The molecule has 0 saturated heterocycles. The quantitative estimate of drug-likeness (QED) is 0.761. The number of nitrogens with one attached hydrogen (secondary N) is 1. The van der Waals surface area contributed by atoms with E-state index in [1.165, 1.54) is 0 Å². The molecule has 0 saturated carbocycles. The van der Waals surface area contributed by atoms with Gasteiger partial charge in [0.2, 0.25) is 0 Å². The van der Waals surface area contributed by atoms with Crippen LogP contribution in [0.3, 0.4) is 0 Å². The smallest absolute Gasteiger partial charge is 0.253 e. The number of aromatic nitrogens is 3. The highest BCUT2D eigenvalue weighted by atomic mass is 16.1. The molecule has 0 unspecified atom stereocenters. The Kier molecular flexibility index (Phi) is 2.19. The molecule has 4 nitrogen and oxygen atoms in total. The summed E-state index contributed by atoms with van der Waals surface area (Å²) in [4.78, 5) is 11.6. The second-order valence-electron chi connectivity index (χ2n) is 3.68. The molecule has 15 heavy (non-hydrogen) atoms. The van der Waals surface area contributed by atoms with Crippen molar-refractivity contribution in [1.82, 2.24) is 14.8 Å². The Balaban J connectivity index is 2.74. The molecule has 0 aliphatic heterocycles. The first-order valence-corrected chi connectivity index (χ1v) is 4.78. The van der Waals surface area contributed by atoms with E-state index in [-0.39, 0.29) is 5.56 Å². The summed E-state index contributed by atoms with van der Waals surface area (Å²) in [6, 6.07) is 1.90.